The van der Waals surface area contributed by atoms with Crippen LogP contribution in [-0.4, -0.2) is 25.2 Å². The number of hydrogen-bond donors (Lipinski definition) is 2. The highest BCUT2D eigenvalue weighted by atomic mass is 16.5. The van der Waals surface area contributed by atoms with Crippen molar-refractivity contribution in [3.05, 3.63) is 42.1 Å². The summed E-state index contributed by atoms with van der Waals surface area (Å²) >= 11 is 0. The molecule has 0 aliphatic rings. The summed E-state index contributed by atoms with van der Waals surface area (Å²) in [6, 6.07) is 9.36. The Morgan fingerprint density at radius 2 is 1.90 bits per heavy atom. The first-order valence-corrected chi connectivity index (χ1v) is 6.42. The minimum absolute atomic E-state index is 0.529. The molecule has 1 aromatic heterocycles. The van der Waals surface area contributed by atoms with Gasteiger partial charge in [0.05, 0.1) is 19.3 Å². The van der Waals surface area contributed by atoms with E-state index < -0.39 is 0 Å². The van der Waals surface area contributed by atoms with Crippen molar-refractivity contribution in [2.24, 2.45) is 0 Å². The second kappa shape index (κ2) is 6.65. The van der Waals surface area contributed by atoms with E-state index in [9.17, 15) is 0 Å². The molecule has 20 heavy (non-hydrogen) atoms. The average Bonchev–Trinajstić information content (AvgIpc) is 2.46. The number of nitrogens with zero attached hydrogens (tertiary/aromatic N) is 1. The van der Waals surface area contributed by atoms with Gasteiger partial charge < -0.3 is 20.5 Å². The van der Waals surface area contributed by atoms with Crippen LogP contribution in [0.15, 0.2) is 36.5 Å². The second-order valence-electron chi connectivity index (χ2n) is 4.40. The number of nitrogen functional groups attached to an aromatic ring is 1. The Morgan fingerprint density at radius 3 is 2.55 bits per heavy atom. The van der Waals surface area contributed by atoms with Crippen LogP contribution in [0.2, 0.25) is 0 Å². The summed E-state index contributed by atoms with van der Waals surface area (Å²) in [4.78, 5) is 4.24. The van der Waals surface area contributed by atoms with Crippen LogP contribution in [0.5, 0.6) is 11.5 Å². The van der Waals surface area contributed by atoms with E-state index in [1.165, 1.54) is 0 Å². The molecule has 0 radical (unpaired) electrons. The highest BCUT2D eigenvalue weighted by molar-refractivity contribution is 5.61. The fourth-order valence-electron chi connectivity index (χ4n) is 1.75. The molecular weight excluding hydrogens is 254 g/mol. The monoisotopic (exact) mass is 273 g/mol. The molecule has 1 aromatic carbocycles. The van der Waals surface area contributed by atoms with Crippen molar-refractivity contribution in [2.45, 2.75) is 6.92 Å². The van der Waals surface area contributed by atoms with Crippen molar-refractivity contribution in [3.8, 4) is 11.5 Å². The Balaban J connectivity index is 1.78. The summed E-state index contributed by atoms with van der Waals surface area (Å²) in [5.74, 6) is 2.30. The predicted molar refractivity (Wildman–Crippen MR) is 80.4 cm³/mol. The molecule has 106 valence electrons. The molecule has 0 unspecified atom stereocenters. The van der Waals surface area contributed by atoms with E-state index in [-0.39, 0.29) is 0 Å². The predicted octanol–water partition coefficient (Wildman–Crippen LogP) is 2.47. The van der Waals surface area contributed by atoms with Gasteiger partial charge in [-0.05, 0) is 42.8 Å². The van der Waals surface area contributed by atoms with Gasteiger partial charge in [0.2, 0.25) is 0 Å². The summed E-state index contributed by atoms with van der Waals surface area (Å²) in [6.07, 6.45) is 1.78. The zero-order valence-corrected chi connectivity index (χ0v) is 11.7. The largest absolute Gasteiger partial charge is 0.497 e. The molecule has 5 heteroatoms. The van der Waals surface area contributed by atoms with Crippen LogP contribution in [0.1, 0.15) is 5.56 Å². The average molecular weight is 273 g/mol. The van der Waals surface area contributed by atoms with Gasteiger partial charge in [0.15, 0.2) is 0 Å². The van der Waals surface area contributed by atoms with E-state index in [0.717, 1.165) is 17.1 Å². The number of anilines is 2. The molecule has 0 saturated heterocycles. The van der Waals surface area contributed by atoms with E-state index in [4.69, 9.17) is 15.2 Å². The molecule has 0 bridgehead atoms. The van der Waals surface area contributed by atoms with Gasteiger partial charge in [0.25, 0.3) is 0 Å². The van der Waals surface area contributed by atoms with E-state index >= 15 is 0 Å². The molecule has 0 saturated carbocycles. The number of pyridine rings is 1. The number of aryl methyl sites for hydroxylation is 1. The smallest absolute Gasteiger partial charge is 0.149 e. The molecule has 0 aliphatic heterocycles. The Labute approximate surface area is 118 Å². The van der Waals surface area contributed by atoms with Crippen molar-refractivity contribution in [3.63, 3.8) is 0 Å². The summed E-state index contributed by atoms with van der Waals surface area (Å²) in [5, 5.41) is 3.15. The fraction of sp³-hybridized carbons (Fsp3) is 0.267. The maximum Gasteiger partial charge on any atom is 0.149 e. The zero-order chi connectivity index (χ0) is 14.4. The van der Waals surface area contributed by atoms with Crippen LogP contribution < -0.4 is 20.5 Å². The molecule has 2 rings (SSSR count). The van der Waals surface area contributed by atoms with Gasteiger partial charge in [-0.25, -0.2) is 4.98 Å². The van der Waals surface area contributed by atoms with E-state index in [1.54, 1.807) is 13.3 Å². The molecular formula is C15H19N3O2. The van der Waals surface area contributed by atoms with Crippen molar-refractivity contribution in [1.82, 2.24) is 4.98 Å². The number of nitrogens with two attached hydrogens (primary N) is 1. The number of methoxy groups -OCH3 is 1. The van der Waals surface area contributed by atoms with E-state index in [1.807, 2.05) is 37.3 Å². The van der Waals surface area contributed by atoms with Crippen molar-refractivity contribution in [1.29, 1.82) is 0 Å². The molecule has 0 aliphatic carbocycles. The molecule has 5 nitrogen and oxygen atoms in total. The van der Waals surface area contributed by atoms with E-state index in [0.29, 0.717) is 24.7 Å². The third kappa shape index (κ3) is 3.78. The first kappa shape index (κ1) is 14.0. The van der Waals surface area contributed by atoms with Gasteiger partial charge in [-0.3, -0.25) is 0 Å². The Hall–Kier alpha value is -2.43. The lowest BCUT2D eigenvalue weighted by Gasteiger charge is -2.10. The quantitative estimate of drug-likeness (QED) is 0.791. The second-order valence-corrected chi connectivity index (χ2v) is 4.40. The molecule has 1 heterocycles. The number of rotatable bonds is 6. The first-order chi connectivity index (χ1) is 9.69. The minimum atomic E-state index is 0.529. The minimum Gasteiger partial charge on any atom is -0.497 e. The molecule has 0 spiro atoms. The Bertz CT molecular complexity index is 556. The van der Waals surface area contributed by atoms with Crippen LogP contribution in [0.25, 0.3) is 0 Å². The zero-order valence-electron chi connectivity index (χ0n) is 11.7. The molecule has 0 amide bonds. The van der Waals surface area contributed by atoms with Crippen LogP contribution in [0.3, 0.4) is 0 Å². The van der Waals surface area contributed by atoms with Crippen LogP contribution >= 0.6 is 0 Å². The Morgan fingerprint density at radius 1 is 1.20 bits per heavy atom. The topological polar surface area (TPSA) is 69.4 Å². The highest BCUT2D eigenvalue weighted by Gasteiger charge is 2.00. The van der Waals surface area contributed by atoms with Gasteiger partial charge >= 0.3 is 0 Å². The molecule has 3 N–H and O–H groups in total. The molecule has 2 aromatic rings. The highest BCUT2D eigenvalue weighted by Crippen LogP contribution is 2.17. The SMILES string of the molecule is COc1ccc(OCCNc2ncc(C)cc2N)cc1. The summed E-state index contributed by atoms with van der Waals surface area (Å²) in [7, 11) is 1.64. The summed E-state index contributed by atoms with van der Waals surface area (Å²) in [5.41, 5.74) is 7.56. The van der Waals surface area contributed by atoms with Gasteiger partial charge in [0.1, 0.15) is 23.9 Å². The number of hydrogen-bond acceptors (Lipinski definition) is 5. The van der Waals surface area contributed by atoms with Crippen LogP contribution in [-0.2, 0) is 0 Å². The standard InChI is InChI=1S/C15H19N3O2/c1-11-9-14(16)15(18-10-11)17-7-8-20-13-5-3-12(19-2)4-6-13/h3-6,9-10H,7-8,16H2,1-2H3,(H,17,18). The third-order valence-electron chi connectivity index (χ3n) is 2.78. The van der Waals surface area contributed by atoms with E-state index in [2.05, 4.69) is 10.3 Å². The normalized spacial score (nSPS) is 10.1. The Kier molecular flexibility index (Phi) is 4.65. The van der Waals surface area contributed by atoms with Gasteiger partial charge in [-0.15, -0.1) is 0 Å². The lowest BCUT2D eigenvalue weighted by Crippen LogP contribution is -2.13. The van der Waals surface area contributed by atoms with Gasteiger partial charge in [-0.1, -0.05) is 0 Å². The number of benzene rings is 1. The number of nitrogens with one attached hydrogen (secondary N) is 1. The fourth-order valence-corrected chi connectivity index (χ4v) is 1.75. The van der Waals surface area contributed by atoms with Gasteiger partial charge in [-0.2, -0.15) is 0 Å². The van der Waals surface area contributed by atoms with Crippen molar-refractivity contribution < 1.29 is 9.47 Å². The maximum atomic E-state index is 5.87. The van der Waals surface area contributed by atoms with Crippen LogP contribution in [0.4, 0.5) is 11.5 Å². The van der Waals surface area contributed by atoms with Crippen molar-refractivity contribution in [2.75, 3.05) is 31.3 Å². The van der Waals surface area contributed by atoms with Crippen molar-refractivity contribution >= 4 is 11.5 Å². The van der Waals surface area contributed by atoms with Gasteiger partial charge in [0, 0.05) is 6.20 Å². The molecule has 0 fully saturated rings. The third-order valence-corrected chi connectivity index (χ3v) is 2.78. The summed E-state index contributed by atoms with van der Waals surface area (Å²) < 4.78 is 10.7. The number of aromatic nitrogens is 1. The molecule has 0 atom stereocenters. The lowest BCUT2D eigenvalue weighted by molar-refractivity contribution is 0.331. The number of ether oxygens (including phenoxy) is 2. The van der Waals surface area contributed by atoms with Crippen LogP contribution in [0, 0.1) is 6.92 Å². The maximum absolute atomic E-state index is 5.87. The lowest BCUT2D eigenvalue weighted by atomic mass is 10.3. The summed E-state index contributed by atoms with van der Waals surface area (Å²) in [6.45, 7) is 3.12. The first-order valence-electron chi connectivity index (χ1n) is 6.42.